The predicted octanol–water partition coefficient (Wildman–Crippen LogP) is -0.762. The second-order valence-electron chi connectivity index (χ2n) is 2.51. The molecule has 0 atom stereocenters. The molecule has 2 aromatic rings. The smallest absolute Gasteiger partial charge is 0.421 e. The van der Waals surface area contributed by atoms with Crippen molar-refractivity contribution < 1.29 is 10.0 Å². The van der Waals surface area contributed by atoms with E-state index in [0.717, 1.165) is 0 Å². The Balaban J connectivity index is 0.000000162. The first-order chi connectivity index (χ1) is 7.30. The molecule has 2 rings (SSSR count). The minimum absolute atomic E-state index is 0.0255. The maximum absolute atomic E-state index is 8.45. The summed E-state index contributed by atoms with van der Waals surface area (Å²) < 4.78 is 0. The third-order valence-corrected chi connectivity index (χ3v) is 1.38. The molecule has 0 aliphatic heterocycles. The minimum atomic E-state index is -1.56. The fraction of sp³-hybridized carbons (Fsp3) is 0. The summed E-state index contributed by atoms with van der Waals surface area (Å²) in [6, 6.07) is 7.32. The Labute approximate surface area is 87.6 Å². The molecule has 0 saturated carbocycles. The maximum Gasteiger partial charge on any atom is 0.528 e. The number of aromatic nitrogens is 3. The van der Waals surface area contributed by atoms with Gasteiger partial charge in [0.2, 0.25) is 0 Å². The summed E-state index contributed by atoms with van der Waals surface area (Å²) in [5.41, 5.74) is 0.0255. The van der Waals surface area contributed by atoms with Gasteiger partial charge in [-0.3, -0.25) is 4.98 Å². The van der Waals surface area contributed by atoms with Crippen LogP contribution in [0, 0.1) is 0 Å². The average molecular weight is 203 g/mol. The lowest BCUT2D eigenvalue weighted by molar-refractivity contribution is 0.422. The van der Waals surface area contributed by atoms with Gasteiger partial charge in [0, 0.05) is 24.8 Å². The molecule has 76 valence electrons. The van der Waals surface area contributed by atoms with Gasteiger partial charge in [0.25, 0.3) is 0 Å². The molecule has 0 aliphatic carbocycles. The first-order valence-electron chi connectivity index (χ1n) is 4.29. The van der Waals surface area contributed by atoms with E-state index in [1.807, 2.05) is 18.2 Å². The van der Waals surface area contributed by atoms with Crippen LogP contribution >= 0.6 is 0 Å². The van der Waals surface area contributed by atoms with Crippen LogP contribution in [0.5, 0.6) is 0 Å². The molecule has 0 bridgehead atoms. The molecule has 0 aliphatic rings. The summed E-state index contributed by atoms with van der Waals surface area (Å²) in [4.78, 5) is 10.9. The zero-order chi connectivity index (χ0) is 10.9. The van der Waals surface area contributed by atoms with Crippen LogP contribution < -0.4 is 5.72 Å². The van der Waals surface area contributed by atoms with Crippen LogP contribution in [-0.2, 0) is 0 Å². The molecule has 5 nitrogen and oxygen atoms in total. The van der Waals surface area contributed by atoms with Crippen molar-refractivity contribution in [3.05, 3.63) is 49.1 Å². The Morgan fingerprint density at radius 1 is 0.800 bits per heavy atom. The van der Waals surface area contributed by atoms with Crippen LogP contribution in [0.4, 0.5) is 0 Å². The standard InChI is InChI=1S/C5H5N.C4H5BN2O2/c1-2-4-6-5-3-1;8-5(9)4-6-2-1-3-7-4/h1-5H;1-3,8-9H. The van der Waals surface area contributed by atoms with Crippen LogP contribution in [0.1, 0.15) is 0 Å². The molecule has 0 amide bonds. The van der Waals surface area contributed by atoms with Gasteiger partial charge in [-0.05, 0) is 18.2 Å². The van der Waals surface area contributed by atoms with Crippen LogP contribution in [0.3, 0.4) is 0 Å². The molecule has 0 radical (unpaired) electrons. The molecule has 0 fully saturated rings. The second kappa shape index (κ2) is 6.64. The van der Waals surface area contributed by atoms with Crippen molar-refractivity contribution in [3.8, 4) is 0 Å². The molecule has 0 saturated heterocycles. The molecule has 15 heavy (non-hydrogen) atoms. The van der Waals surface area contributed by atoms with Crippen molar-refractivity contribution in [3.63, 3.8) is 0 Å². The lowest BCUT2D eigenvalue weighted by Crippen LogP contribution is -2.34. The monoisotopic (exact) mass is 203 g/mol. The Kier molecular flexibility index (Phi) is 5.00. The predicted molar refractivity (Wildman–Crippen MR) is 56.1 cm³/mol. The van der Waals surface area contributed by atoms with Gasteiger partial charge in [0.15, 0.2) is 5.72 Å². The summed E-state index contributed by atoms with van der Waals surface area (Å²) in [7, 11) is -1.56. The highest BCUT2D eigenvalue weighted by Crippen LogP contribution is 1.73. The molecule has 0 aromatic carbocycles. The SMILES string of the molecule is OB(O)c1ncccn1.c1ccncc1. The topological polar surface area (TPSA) is 79.1 Å². The van der Waals surface area contributed by atoms with Crippen molar-refractivity contribution >= 4 is 12.8 Å². The third-order valence-electron chi connectivity index (χ3n) is 1.38. The summed E-state index contributed by atoms with van der Waals surface area (Å²) in [6.07, 6.45) is 6.39. The lowest BCUT2D eigenvalue weighted by Gasteiger charge is -1.92. The molecule has 0 unspecified atom stereocenters. The Hall–Kier alpha value is -1.79. The molecule has 6 heteroatoms. The molecule has 2 heterocycles. The van der Waals surface area contributed by atoms with Gasteiger partial charge in [-0.2, -0.15) is 0 Å². The zero-order valence-corrected chi connectivity index (χ0v) is 7.93. The number of nitrogens with zero attached hydrogens (tertiary/aromatic N) is 3. The van der Waals surface area contributed by atoms with E-state index in [1.54, 1.807) is 18.5 Å². The van der Waals surface area contributed by atoms with E-state index in [0.29, 0.717) is 0 Å². The zero-order valence-electron chi connectivity index (χ0n) is 7.93. The molecule has 0 spiro atoms. The van der Waals surface area contributed by atoms with Crippen LogP contribution in [0.25, 0.3) is 0 Å². The quantitative estimate of drug-likeness (QED) is 0.595. The van der Waals surface area contributed by atoms with Crippen LogP contribution in [0.2, 0.25) is 0 Å². The Bertz CT molecular complexity index is 332. The van der Waals surface area contributed by atoms with Gasteiger partial charge in [0.1, 0.15) is 0 Å². The molecule has 2 aromatic heterocycles. The molecular formula is C9H10BN3O2. The third kappa shape index (κ3) is 4.85. The highest BCUT2D eigenvalue weighted by atomic mass is 16.4. The van der Waals surface area contributed by atoms with E-state index in [4.69, 9.17) is 10.0 Å². The first-order valence-corrected chi connectivity index (χ1v) is 4.29. The summed E-state index contributed by atoms with van der Waals surface area (Å²) in [5, 5.41) is 16.9. The van der Waals surface area contributed by atoms with Crippen molar-refractivity contribution in [2.75, 3.05) is 0 Å². The fourth-order valence-corrected chi connectivity index (χ4v) is 0.757. The Morgan fingerprint density at radius 3 is 1.67 bits per heavy atom. The average Bonchev–Trinajstić information content (AvgIpc) is 2.33. The van der Waals surface area contributed by atoms with E-state index in [2.05, 4.69) is 15.0 Å². The summed E-state index contributed by atoms with van der Waals surface area (Å²) in [5.74, 6) is 0. The van der Waals surface area contributed by atoms with Gasteiger partial charge < -0.3 is 10.0 Å². The number of pyridine rings is 1. The summed E-state index contributed by atoms with van der Waals surface area (Å²) in [6.45, 7) is 0. The number of rotatable bonds is 1. The highest BCUT2D eigenvalue weighted by molar-refractivity contribution is 6.56. The van der Waals surface area contributed by atoms with E-state index >= 15 is 0 Å². The van der Waals surface area contributed by atoms with Crippen molar-refractivity contribution in [2.45, 2.75) is 0 Å². The molecular weight excluding hydrogens is 193 g/mol. The normalized spacial score (nSPS) is 8.67. The van der Waals surface area contributed by atoms with Gasteiger partial charge in [0.05, 0.1) is 0 Å². The van der Waals surface area contributed by atoms with Crippen molar-refractivity contribution in [2.24, 2.45) is 0 Å². The lowest BCUT2D eigenvalue weighted by atomic mass is 9.91. The minimum Gasteiger partial charge on any atom is -0.421 e. The van der Waals surface area contributed by atoms with Crippen LogP contribution in [-0.4, -0.2) is 32.1 Å². The largest absolute Gasteiger partial charge is 0.528 e. The Morgan fingerprint density at radius 2 is 1.40 bits per heavy atom. The van der Waals surface area contributed by atoms with Crippen LogP contribution in [0.15, 0.2) is 49.1 Å². The van der Waals surface area contributed by atoms with Crippen molar-refractivity contribution in [1.29, 1.82) is 0 Å². The van der Waals surface area contributed by atoms with Gasteiger partial charge in [-0.15, -0.1) is 0 Å². The van der Waals surface area contributed by atoms with Gasteiger partial charge >= 0.3 is 7.12 Å². The first kappa shape index (κ1) is 11.3. The second-order valence-corrected chi connectivity index (χ2v) is 2.51. The number of hydrogen-bond donors (Lipinski definition) is 2. The number of hydrogen-bond acceptors (Lipinski definition) is 5. The highest BCUT2D eigenvalue weighted by Gasteiger charge is 2.12. The van der Waals surface area contributed by atoms with E-state index in [-0.39, 0.29) is 5.72 Å². The van der Waals surface area contributed by atoms with E-state index in [1.165, 1.54) is 12.4 Å². The van der Waals surface area contributed by atoms with Crippen molar-refractivity contribution in [1.82, 2.24) is 15.0 Å². The molecule has 2 N–H and O–H groups in total. The van der Waals surface area contributed by atoms with Gasteiger partial charge in [-0.1, -0.05) is 6.07 Å². The summed E-state index contributed by atoms with van der Waals surface area (Å²) >= 11 is 0. The van der Waals surface area contributed by atoms with Gasteiger partial charge in [-0.25, -0.2) is 9.97 Å². The van der Waals surface area contributed by atoms with E-state index in [9.17, 15) is 0 Å². The maximum atomic E-state index is 8.45. The fourth-order valence-electron chi connectivity index (χ4n) is 0.757. The van der Waals surface area contributed by atoms with E-state index < -0.39 is 7.12 Å².